The Balaban J connectivity index is 1.09. The molecular formula is C48H37N. The second-order valence-electron chi connectivity index (χ2n) is 14.1. The van der Waals surface area contributed by atoms with Crippen LogP contribution in [-0.4, -0.2) is 4.57 Å². The Morgan fingerprint density at radius 1 is 0.306 bits per heavy atom. The summed E-state index contributed by atoms with van der Waals surface area (Å²) >= 11 is 0. The van der Waals surface area contributed by atoms with E-state index in [2.05, 4.69) is 195 Å². The van der Waals surface area contributed by atoms with E-state index in [9.17, 15) is 0 Å². The van der Waals surface area contributed by atoms with Crippen LogP contribution in [0.2, 0.25) is 0 Å². The van der Waals surface area contributed by atoms with Crippen molar-refractivity contribution in [3.8, 4) is 44.5 Å². The maximum Gasteiger partial charge on any atom is 0.0496 e. The number of aromatic nitrogens is 1. The lowest BCUT2D eigenvalue weighted by molar-refractivity contribution is 0.423. The molecule has 49 heavy (non-hydrogen) atoms. The van der Waals surface area contributed by atoms with Gasteiger partial charge in [0.25, 0.3) is 0 Å². The van der Waals surface area contributed by atoms with E-state index in [0.29, 0.717) is 0 Å². The highest BCUT2D eigenvalue weighted by atomic mass is 15.0. The van der Waals surface area contributed by atoms with Crippen LogP contribution < -0.4 is 0 Å². The quantitative estimate of drug-likeness (QED) is 0.171. The fourth-order valence-electron chi connectivity index (χ4n) is 7.91. The van der Waals surface area contributed by atoms with Gasteiger partial charge in [0.2, 0.25) is 0 Å². The summed E-state index contributed by atoms with van der Waals surface area (Å²) in [5.74, 6) is 0. The van der Waals surface area contributed by atoms with Gasteiger partial charge in [-0.15, -0.1) is 0 Å². The van der Waals surface area contributed by atoms with Gasteiger partial charge in [-0.25, -0.2) is 0 Å². The van der Waals surface area contributed by atoms with E-state index in [1.54, 1.807) is 0 Å². The van der Waals surface area contributed by atoms with E-state index in [1.165, 1.54) is 87.9 Å². The molecule has 9 rings (SSSR count). The van der Waals surface area contributed by atoms with Crippen molar-refractivity contribution in [2.45, 2.75) is 26.3 Å². The molecule has 0 saturated carbocycles. The molecule has 1 heterocycles. The molecule has 0 spiro atoms. The summed E-state index contributed by atoms with van der Waals surface area (Å²) < 4.78 is 2.47. The summed E-state index contributed by atoms with van der Waals surface area (Å²) in [4.78, 5) is 0. The third kappa shape index (κ3) is 4.85. The van der Waals surface area contributed by atoms with Gasteiger partial charge in [-0.05, 0) is 105 Å². The molecule has 0 amide bonds. The fourth-order valence-corrected chi connectivity index (χ4v) is 7.91. The lowest BCUT2D eigenvalue weighted by Crippen LogP contribution is -2.21. The van der Waals surface area contributed by atoms with Crippen LogP contribution in [-0.2, 0) is 5.54 Å². The smallest absolute Gasteiger partial charge is 0.0496 e. The zero-order valence-corrected chi connectivity index (χ0v) is 28.1. The van der Waals surface area contributed by atoms with Gasteiger partial charge in [0.15, 0.2) is 0 Å². The lowest BCUT2D eigenvalue weighted by atomic mass is 9.86. The Morgan fingerprint density at radius 3 is 1.18 bits per heavy atom. The normalized spacial score (nSPS) is 12.0. The first kappa shape index (κ1) is 29.2. The highest BCUT2D eigenvalue weighted by Gasteiger charge is 2.21. The van der Waals surface area contributed by atoms with Crippen LogP contribution in [0.1, 0.15) is 20.8 Å². The van der Waals surface area contributed by atoms with Crippen molar-refractivity contribution in [3.05, 3.63) is 170 Å². The first-order chi connectivity index (χ1) is 24.0. The van der Waals surface area contributed by atoms with Crippen molar-refractivity contribution >= 4 is 43.4 Å². The van der Waals surface area contributed by atoms with Gasteiger partial charge in [-0.2, -0.15) is 0 Å². The maximum atomic E-state index is 2.47. The van der Waals surface area contributed by atoms with Gasteiger partial charge in [-0.3, -0.25) is 0 Å². The SMILES string of the molecule is CC(C)(C)n1c2ccccc2c2cc(-c3ccc(-c4ccc(-c5c6ccccc6c(-c6ccccc6)c6ccccc56)cc4)cc3)ccc21. The van der Waals surface area contributed by atoms with E-state index in [4.69, 9.17) is 0 Å². The van der Waals surface area contributed by atoms with Crippen molar-refractivity contribution in [1.82, 2.24) is 4.57 Å². The van der Waals surface area contributed by atoms with Crippen LogP contribution in [0.15, 0.2) is 170 Å². The van der Waals surface area contributed by atoms with Crippen LogP contribution in [0.25, 0.3) is 87.9 Å². The predicted octanol–water partition coefficient (Wildman–Crippen LogP) is 13.5. The third-order valence-electron chi connectivity index (χ3n) is 10.1. The fraction of sp³-hybridized carbons (Fsp3) is 0.0833. The van der Waals surface area contributed by atoms with Crippen LogP contribution in [0, 0.1) is 0 Å². The lowest BCUT2D eigenvalue weighted by Gasteiger charge is -2.24. The van der Waals surface area contributed by atoms with E-state index in [0.717, 1.165) is 0 Å². The molecule has 0 fully saturated rings. The topological polar surface area (TPSA) is 4.93 Å². The summed E-state index contributed by atoms with van der Waals surface area (Å²) in [6, 6.07) is 62.3. The van der Waals surface area contributed by atoms with Crippen molar-refractivity contribution in [2.24, 2.45) is 0 Å². The highest BCUT2D eigenvalue weighted by Crippen LogP contribution is 2.44. The Bertz CT molecular complexity index is 2590. The van der Waals surface area contributed by atoms with Crippen molar-refractivity contribution in [2.75, 3.05) is 0 Å². The molecular weight excluding hydrogens is 591 g/mol. The second-order valence-corrected chi connectivity index (χ2v) is 14.1. The van der Waals surface area contributed by atoms with Gasteiger partial charge in [0.1, 0.15) is 0 Å². The molecule has 8 aromatic carbocycles. The number of benzene rings is 8. The van der Waals surface area contributed by atoms with Crippen molar-refractivity contribution in [1.29, 1.82) is 0 Å². The van der Waals surface area contributed by atoms with E-state index < -0.39 is 0 Å². The van der Waals surface area contributed by atoms with Crippen molar-refractivity contribution < 1.29 is 0 Å². The van der Waals surface area contributed by atoms with Crippen LogP contribution in [0.3, 0.4) is 0 Å². The molecule has 0 unspecified atom stereocenters. The minimum Gasteiger partial charge on any atom is -0.335 e. The third-order valence-corrected chi connectivity index (χ3v) is 10.1. The highest BCUT2D eigenvalue weighted by molar-refractivity contribution is 6.21. The summed E-state index contributed by atoms with van der Waals surface area (Å²) in [5, 5.41) is 7.73. The molecule has 0 aliphatic rings. The van der Waals surface area contributed by atoms with Crippen LogP contribution in [0.4, 0.5) is 0 Å². The first-order valence-corrected chi connectivity index (χ1v) is 17.2. The Morgan fingerprint density at radius 2 is 0.673 bits per heavy atom. The number of nitrogens with zero attached hydrogens (tertiary/aromatic N) is 1. The van der Waals surface area contributed by atoms with Gasteiger partial charge >= 0.3 is 0 Å². The molecule has 234 valence electrons. The van der Waals surface area contributed by atoms with Gasteiger partial charge < -0.3 is 4.57 Å². The predicted molar refractivity (Wildman–Crippen MR) is 211 cm³/mol. The molecule has 0 atom stereocenters. The number of hydrogen-bond acceptors (Lipinski definition) is 0. The number of hydrogen-bond donors (Lipinski definition) is 0. The Hall–Kier alpha value is -5.92. The summed E-state index contributed by atoms with van der Waals surface area (Å²) in [5.41, 5.74) is 12.5. The average molecular weight is 628 g/mol. The molecule has 0 bridgehead atoms. The molecule has 0 radical (unpaired) electrons. The summed E-state index contributed by atoms with van der Waals surface area (Å²) in [7, 11) is 0. The maximum absolute atomic E-state index is 2.47. The van der Waals surface area contributed by atoms with Gasteiger partial charge in [0, 0.05) is 27.3 Å². The summed E-state index contributed by atoms with van der Waals surface area (Å²) in [6.45, 7) is 6.85. The molecule has 1 heteroatoms. The zero-order valence-electron chi connectivity index (χ0n) is 28.1. The summed E-state index contributed by atoms with van der Waals surface area (Å²) in [6.07, 6.45) is 0. The number of fused-ring (bicyclic) bond motifs is 5. The van der Waals surface area contributed by atoms with E-state index in [1.807, 2.05) is 0 Å². The minimum atomic E-state index is -0.00806. The number of rotatable bonds is 4. The minimum absolute atomic E-state index is 0.00806. The van der Waals surface area contributed by atoms with Gasteiger partial charge in [-0.1, -0.05) is 152 Å². The molecule has 0 aliphatic carbocycles. The molecule has 9 aromatic rings. The largest absolute Gasteiger partial charge is 0.335 e. The zero-order chi connectivity index (χ0) is 33.1. The standard InChI is InChI=1S/C48H37N/c1-48(2,3)49-44-20-12-11-15-38(44)43-31-37(29-30-45(43)49)34-23-21-32(22-24-34)33-25-27-36(28-26-33)47-41-18-9-7-16-39(41)46(35-13-5-4-6-14-35)40-17-8-10-19-42(40)47/h4-31H,1-3H3. The van der Waals surface area contributed by atoms with E-state index in [-0.39, 0.29) is 5.54 Å². The van der Waals surface area contributed by atoms with Crippen LogP contribution in [0.5, 0.6) is 0 Å². The molecule has 1 nitrogen and oxygen atoms in total. The average Bonchev–Trinajstić information content (AvgIpc) is 3.49. The van der Waals surface area contributed by atoms with Gasteiger partial charge in [0.05, 0.1) is 0 Å². The van der Waals surface area contributed by atoms with Crippen molar-refractivity contribution in [3.63, 3.8) is 0 Å². The first-order valence-electron chi connectivity index (χ1n) is 17.2. The second kappa shape index (κ2) is 11.4. The number of para-hydroxylation sites is 1. The van der Waals surface area contributed by atoms with Crippen LogP contribution >= 0.6 is 0 Å². The molecule has 1 aromatic heterocycles. The van der Waals surface area contributed by atoms with E-state index >= 15 is 0 Å². The molecule has 0 N–H and O–H groups in total. The Labute approximate surface area is 287 Å². The molecule has 0 aliphatic heterocycles. The molecule has 0 saturated heterocycles. The Kier molecular flexibility index (Phi) is 6.78. The monoisotopic (exact) mass is 627 g/mol.